The topological polar surface area (TPSA) is 36.5 Å². The Morgan fingerprint density at radius 2 is 2.25 bits per heavy atom. The van der Waals surface area contributed by atoms with Gasteiger partial charge in [-0.15, -0.1) is 0 Å². The van der Waals surface area contributed by atoms with Crippen molar-refractivity contribution < 1.29 is 4.74 Å². The monoisotopic (exact) mass is 225 g/mol. The van der Waals surface area contributed by atoms with Crippen molar-refractivity contribution in [3.05, 3.63) is 0 Å². The Morgan fingerprint density at radius 1 is 1.31 bits per heavy atom. The number of nitrogens with zero attached hydrogens (tertiary/aromatic N) is 1. The molecule has 1 saturated carbocycles. The van der Waals surface area contributed by atoms with Crippen molar-refractivity contribution in [3.8, 4) is 0 Å². The fourth-order valence-corrected chi connectivity index (χ4v) is 2.79. The number of hydrogen-bond donors (Lipinski definition) is 2. The van der Waals surface area contributed by atoms with Crippen LogP contribution in [0.2, 0.25) is 0 Å². The summed E-state index contributed by atoms with van der Waals surface area (Å²) in [6.45, 7) is 6.37. The van der Waals surface area contributed by atoms with Crippen LogP contribution in [0.15, 0.2) is 0 Å². The quantitative estimate of drug-likeness (QED) is 0.695. The molecule has 3 rings (SSSR count). The highest BCUT2D eigenvalue weighted by atomic mass is 16.5. The number of rotatable bonds is 4. The normalized spacial score (nSPS) is 36.8. The molecule has 0 aromatic rings. The van der Waals surface area contributed by atoms with E-state index >= 15 is 0 Å². The minimum absolute atomic E-state index is 0.517. The Kier molecular flexibility index (Phi) is 3.43. The molecule has 2 atom stereocenters. The molecule has 3 aliphatic rings. The largest absolute Gasteiger partial charge is 0.378 e. The van der Waals surface area contributed by atoms with E-state index in [1.165, 1.54) is 32.4 Å². The van der Waals surface area contributed by atoms with E-state index < -0.39 is 0 Å². The molecule has 0 spiro atoms. The summed E-state index contributed by atoms with van der Waals surface area (Å²) in [5.41, 5.74) is 0. The first-order chi connectivity index (χ1) is 7.92. The molecule has 2 N–H and O–H groups in total. The smallest absolute Gasteiger partial charge is 0.0632 e. The lowest BCUT2D eigenvalue weighted by molar-refractivity contribution is 0.0758. The van der Waals surface area contributed by atoms with Crippen molar-refractivity contribution in [2.45, 2.75) is 37.4 Å². The van der Waals surface area contributed by atoms with Crippen LogP contribution in [-0.2, 0) is 4.74 Å². The van der Waals surface area contributed by atoms with Gasteiger partial charge in [-0.3, -0.25) is 4.90 Å². The second-order valence-corrected chi connectivity index (χ2v) is 5.35. The van der Waals surface area contributed by atoms with Gasteiger partial charge in [0.05, 0.1) is 13.2 Å². The lowest BCUT2D eigenvalue weighted by Crippen LogP contribution is -2.49. The summed E-state index contributed by atoms with van der Waals surface area (Å²) < 4.78 is 5.45. The third kappa shape index (κ3) is 2.74. The molecule has 4 heteroatoms. The number of ether oxygens (including phenoxy) is 1. The molecule has 2 aliphatic heterocycles. The number of hydrogen-bond acceptors (Lipinski definition) is 4. The Morgan fingerprint density at radius 3 is 3.00 bits per heavy atom. The molecule has 0 aromatic carbocycles. The van der Waals surface area contributed by atoms with Gasteiger partial charge >= 0.3 is 0 Å². The third-order valence-corrected chi connectivity index (χ3v) is 3.93. The second-order valence-electron chi connectivity index (χ2n) is 5.35. The summed E-state index contributed by atoms with van der Waals surface area (Å²) in [6.07, 6.45) is 4.19. The zero-order valence-corrected chi connectivity index (χ0v) is 9.95. The van der Waals surface area contributed by atoms with Crippen LogP contribution < -0.4 is 10.6 Å². The maximum atomic E-state index is 5.45. The first-order valence-corrected chi connectivity index (χ1v) is 6.70. The summed E-state index contributed by atoms with van der Waals surface area (Å²) in [5.74, 6) is 0. The molecule has 2 saturated heterocycles. The maximum absolute atomic E-state index is 5.45. The molecule has 0 radical (unpaired) electrons. The van der Waals surface area contributed by atoms with Crippen LogP contribution in [0.25, 0.3) is 0 Å². The lowest BCUT2D eigenvalue weighted by Gasteiger charge is -2.25. The highest BCUT2D eigenvalue weighted by molar-refractivity contribution is 4.92. The van der Waals surface area contributed by atoms with Gasteiger partial charge in [-0.1, -0.05) is 0 Å². The molecular weight excluding hydrogens is 202 g/mol. The van der Waals surface area contributed by atoms with E-state index in [1.54, 1.807) is 0 Å². The molecule has 4 nitrogen and oxygen atoms in total. The first kappa shape index (κ1) is 11.0. The van der Waals surface area contributed by atoms with Gasteiger partial charge in [-0.05, 0) is 19.3 Å². The van der Waals surface area contributed by atoms with Gasteiger partial charge in [-0.25, -0.2) is 0 Å². The summed E-state index contributed by atoms with van der Waals surface area (Å²) >= 11 is 0. The van der Waals surface area contributed by atoms with Crippen LogP contribution in [0.1, 0.15) is 19.3 Å². The molecule has 0 aromatic heterocycles. The van der Waals surface area contributed by atoms with E-state index in [9.17, 15) is 0 Å². The van der Waals surface area contributed by atoms with E-state index in [0.717, 1.165) is 32.3 Å². The van der Waals surface area contributed by atoms with E-state index in [2.05, 4.69) is 15.5 Å². The molecule has 2 heterocycles. The first-order valence-electron chi connectivity index (χ1n) is 6.70. The van der Waals surface area contributed by atoms with Crippen LogP contribution in [0.3, 0.4) is 0 Å². The van der Waals surface area contributed by atoms with Crippen LogP contribution in [0.5, 0.6) is 0 Å². The maximum Gasteiger partial charge on any atom is 0.0632 e. The third-order valence-electron chi connectivity index (χ3n) is 3.93. The number of nitrogens with one attached hydrogen (secondary N) is 2. The standard InChI is InChI=1S/C12H23N3O/c1-2-12(1)15-5-3-10(8-15)14-7-11-9-16-6-4-13-11/h10-14H,1-9H2. The highest BCUT2D eigenvalue weighted by Gasteiger charge is 2.34. The molecule has 16 heavy (non-hydrogen) atoms. The predicted molar refractivity (Wildman–Crippen MR) is 63.6 cm³/mol. The van der Waals surface area contributed by atoms with E-state index in [4.69, 9.17) is 4.74 Å². The van der Waals surface area contributed by atoms with Gasteiger partial charge in [0.1, 0.15) is 0 Å². The van der Waals surface area contributed by atoms with Gasteiger partial charge < -0.3 is 15.4 Å². The number of morpholine rings is 1. The van der Waals surface area contributed by atoms with Crippen LogP contribution >= 0.6 is 0 Å². The van der Waals surface area contributed by atoms with E-state index in [0.29, 0.717) is 12.1 Å². The van der Waals surface area contributed by atoms with Crippen molar-refractivity contribution >= 4 is 0 Å². The fraction of sp³-hybridized carbons (Fsp3) is 1.00. The Hall–Kier alpha value is -0.160. The number of likely N-dealkylation sites (tertiary alicyclic amines) is 1. The molecule has 0 bridgehead atoms. The summed E-state index contributed by atoms with van der Waals surface area (Å²) in [6, 6.07) is 2.16. The lowest BCUT2D eigenvalue weighted by atomic mass is 10.2. The Labute approximate surface area is 97.7 Å². The minimum atomic E-state index is 0.517. The van der Waals surface area contributed by atoms with Gasteiger partial charge in [0, 0.05) is 44.3 Å². The highest BCUT2D eigenvalue weighted by Crippen LogP contribution is 2.29. The Balaban J connectivity index is 1.35. The van der Waals surface area contributed by atoms with Crippen LogP contribution in [0.4, 0.5) is 0 Å². The van der Waals surface area contributed by atoms with Gasteiger partial charge in [0.2, 0.25) is 0 Å². The minimum Gasteiger partial charge on any atom is -0.378 e. The van der Waals surface area contributed by atoms with Crippen molar-refractivity contribution in [2.24, 2.45) is 0 Å². The van der Waals surface area contributed by atoms with Crippen molar-refractivity contribution in [3.63, 3.8) is 0 Å². The zero-order chi connectivity index (χ0) is 10.8. The van der Waals surface area contributed by atoms with Gasteiger partial charge in [0.25, 0.3) is 0 Å². The van der Waals surface area contributed by atoms with Crippen molar-refractivity contribution in [2.75, 3.05) is 39.4 Å². The summed E-state index contributed by atoms with van der Waals surface area (Å²) in [5, 5.41) is 7.17. The molecule has 0 amide bonds. The van der Waals surface area contributed by atoms with Crippen LogP contribution in [-0.4, -0.2) is 62.4 Å². The van der Waals surface area contributed by atoms with E-state index in [-0.39, 0.29) is 0 Å². The molecule has 3 fully saturated rings. The van der Waals surface area contributed by atoms with Crippen LogP contribution in [0, 0.1) is 0 Å². The zero-order valence-electron chi connectivity index (χ0n) is 9.95. The second kappa shape index (κ2) is 5.00. The molecule has 2 unspecified atom stereocenters. The molecule has 92 valence electrons. The van der Waals surface area contributed by atoms with Crippen molar-refractivity contribution in [1.82, 2.24) is 15.5 Å². The predicted octanol–water partition coefficient (Wildman–Crippen LogP) is -0.199. The fourth-order valence-electron chi connectivity index (χ4n) is 2.79. The summed E-state index contributed by atoms with van der Waals surface area (Å²) in [4.78, 5) is 2.66. The average Bonchev–Trinajstić information content (AvgIpc) is 3.08. The van der Waals surface area contributed by atoms with Gasteiger partial charge in [0.15, 0.2) is 0 Å². The average molecular weight is 225 g/mol. The molecule has 1 aliphatic carbocycles. The molecular formula is C12H23N3O. The van der Waals surface area contributed by atoms with E-state index in [1.807, 2.05) is 0 Å². The van der Waals surface area contributed by atoms with Gasteiger partial charge in [-0.2, -0.15) is 0 Å². The SMILES string of the molecule is C1COCC(CNC2CCN(C3CC3)C2)N1. The summed E-state index contributed by atoms with van der Waals surface area (Å²) in [7, 11) is 0. The Bertz CT molecular complexity index is 226. The van der Waals surface area contributed by atoms with Crippen molar-refractivity contribution in [1.29, 1.82) is 0 Å².